The van der Waals surface area contributed by atoms with Gasteiger partial charge in [0.2, 0.25) is 10.0 Å². The van der Waals surface area contributed by atoms with E-state index in [0.29, 0.717) is 0 Å². The zero-order chi connectivity index (χ0) is 24.0. The molecule has 1 unspecified atom stereocenters. The Labute approximate surface area is 181 Å². The Morgan fingerprint density at radius 2 is 1.88 bits per heavy atom. The van der Waals surface area contributed by atoms with E-state index in [2.05, 4.69) is 0 Å². The van der Waals surface area contributed by atoms with Crippen molar-refractivity contribution in [2.24, 2.45) is 10.9 Å². The van der Waals surface area contributed by atoms with Crippen molar-refractivity contribution < 1.29 is 31.1 Å². The van der Waals surface area contributed by atoms with Crippen LogP contribution in [-0.4, -0.2) is 33.5 Å². The number of fused-ring (bicyclic) bond motifs is 1. The SMILES string of the molecule is Cc1c(C(N)c2cccc(S(N)(=O)=O)c2F)c(=O)oc2cc(OC(=O)N(C)C)c(F)cc12. The fourth-order valence-corrected chi connectivity index (χ4v) is 3.77. The predicted octanol–water partition coefficient (Wildman–Crippen LogP) is 2.14. The number of carbonyl (C=O) groups is 1. The summed E-state index contributed by atoms with van der Waals surface area (Å²) in [6, 6.07) is 3.97. The van der Waals surface area contributed by atoms with Crippen molar-refractivity contribution in [3.05, 3.63) is 69.1 Å². The van der Waals surface area contributed by atoms with E-state index in [-0.39, 0.29) is 27.7 Å². The molecule has 12 heteroatoms. The third kappa shape index (κ3) is 4.20. The monoisotopic (exact) mass is 467 g/mol. The smallest absolute Gasteiger partial charge is 0.414 e. The molecule has 4 N–H and O–H groups in total. The minimum absolute atomic E-state index is 0.0924. The molecule has 0 fully saturated rings. The molecule has 1 atom stereocenters. The van der Waals surface area contributed by atoms with Crippen LogP contribution in [0.5, 0.6) is 5.75 Å². The van der Waals surface area contributed by atoms with Gasteiger partial charge in [-0.25, -0.2) is 31.9 Å². The van der Waals surface area contributed by atoms with Crippen LogP contribution >= 0.6 is 0 Å². The molecule has 0 aliphatic carbocycles. The van der Waals surface area contributed by atoms with Crippen LogP contribution in [0, 0.1) is 18.6 Å². The van der Waals surface area contributed by atoms with Crippen LogP contribution in [0.15, 0.2) is 44.4 Å². The number of rotatable bonds is 4. The molecule has 170 valence electrons. The molecule has 2 aromatic carbocycles. The van der Waals surface area contributed by atoms with Crippen LogP contribution in [0.25, 0.3) is 11.0 Å². The van der Waals surface area contributed by atoms with Crippen LogP contribution < -0.4 is 21.2 Å². The first kappa shape index (κ1) is 23.3. The maximum absolute atomic E-state index is 14.8. The first-order chi connectivity index (χ1) is 14.8. The van der Waals surface area contributed by atoms with E-state index in [9.17, 15) is 26.8 Å². The van der Waals surface area contributed by atoms with Gasteiger partial charge in [0.05, 0.1) is 11.6 Å². The maximum atomic E-state index is 14.8. The number of nitrogens with zero attached hydrogens (tertiary/aromatic N) is 1. The van der Waals surface area contributed by atoms with Crippen molar-refractivity contribution in [3.8, 4) is 5.75 Å². The average molecular weight is 467 g/mol. The number of aryl methyl sites for hydroxylation is 1. The molecule has 0 saturated heterocycles. The number of carbonyl (C=O) groups excluding carboxylic acids is 1. The van der Waals surface area contributed by atoms with Gasteiger partial charge in [0.15, 0.2) is 11.6 Å². The van der Waals surface area contributed by atoms with Gasteiger partial charge in [-0.3, -0.25) is 0 Å². The van der Waals surface area contributed by atoms with Crippen molar-refractivity contribution in [2.45, 2.75) is 17.9 Å². The van der Waals surface area contributed by atoms with Gasteiger partial charge in [-0.15, -0.1) is 0 Å². The number of hydrogen-bond donors (Lipinski definition) is 2. The molecule has 1 heterocycles. The number of hydrogen-bond acceptors (Lipinski definition) is 7. The highest BCUT2D eigenvalue weighted by molar-refractivity contribution is 7.89. The average Bonchev–Trinajstić information content (AvgIpc) is 2.68. The summed E-state index contributed by atoms with van der Waals surface area (Å²) in [5, 5.41) is 5.14. The lowest BCUT2D eigenvalue weighted by molar-refractivity contribution is 0.170. The van der Waals surface area contributed by atoms with E-state index in [1.165, 1.54) is 33.2 Å². The summed E-state index contributed by atoms with van der Waals surface area (Å²) in [5.74, 6) is -2.58. The number of primary sulfonamides is 1. The Kier molecular flexibility index (Phi) is 6.05. The van der Waals surface area contributed by atoms with Crippen LogP contribution in [0.4, 0.5) is 13.6 Å². The van der Waals surface area contributed by atoms with Gasteiger partial charge in [-0.1, -0.05) is 12.1 Å². The van der Waals surface area contributed by atoms with E-state index in [4.69, 9.17) is 20.0 Å². The highest BCUT2D eigenvalue weighted by atomic mass is 32.2. The molecule has 3 aromatic rings. The molecule has 1 amide bonds. The molecule has 1 aromatic heterocycles. The van der Waals surface area contributed by atoms with Crippen LogP contribution in [0.1, 0.15) is 22.7 Å². The molecule has 0 radical (unpaired) electrons. The lowest BCUT2D eigenvalue weighted by Gasteiger charge is -2.17. The lowest BCUT2D eigenvalue weighted by atomic mass is 9.95. The molecule has 3 rings (SSSR count). The highest BCUT2D eigenvalue weighted by Crippen LogP contribution is 2.32. The maximum Gasteiger partial charge on any atom is 0.414 e. The Bertz CT molecular complexity index is 1400. The molecule has 0 aliphatic rings. The first-order valence-corrected chi connectivity index (χ1v) is 10.6. The molecular weight excluding hydrogens is 448 g/mol. The largest absolute Gasteiger partial charge is 0.422 e. The van der Waals surface area contributed by atoms with Crippen molar-refractivity contribution in [1.29, 1.82) is 0 Å². The van der Waals surface area contributed by atoms with Crippen molar-refractivity contribution in [1.82, 2.24) is 4.90 Å². The van der Waals surface area contributed by atoms with Crippen molar-refractivity contribution in [3.63, 3.8) is 0 Å². The molecular formula is C20H19F2N3O6S. The molecule has 32 heavy (non-hydrogen) atoms. The Morgan fingerprint density at radius 1 is 1.22 bits per heavy atom. The number of halogens is 2. The van der Waals surface area contributed by atoms with E-state index in [1.807, 2.05) is 0 Å². The molecule has 0 aliphatic heterocycles. The van der Waals surface area contributed by atoms with E-state index in [0.717, 1.165) is 23.1 Å². The van der Waals surface area contributed by atoms with E-state index in [1.54, 1.807) is 0 Å². The van der Waals surface area contributed by atoms with E-state index >= 15 is 0 Å². The third-order valence-corrected chi connectivity index (χ3v) is 5.70. The summed E-state index contributed by atoms with van der Waals surface area (Å²) in [6.07, 6.45) is -0.842. The number of benzene rings is 2. The van der Waals surface area contributed by atoms with Gasteiger partial charge in [0.1, 0.15) is 16.3 Å². The lowest BCUT2D eigenvalue weighted by Crippen LogP contribution is -2.26. The van der Waals surface area contributed by atoms with Crippen LogP contribution in [-0.2, 0) is 10.0 Å². The number of amides is 1. The zero-order valence-electron chi connectivity index (χ0n) is 17.2. The topological polar surface area (TPSA) is 146 Å². The second kappa shape index (κ2) is 8.30. The summed E-state index contributed by atoms with van der Waals surface area (Å²) in [7, 11) is -1.57. The Hall–Kier alpha value is -3.35. The zero-order valence-corrected chi connectivity index (χ0v) is 18.0. The van der Waals surface area contributed by atoms with Gasteiger partial charge >= 0.3 is 11.7 Å². The Morgan fingerprint density at radius 3 is 2.47 bits per heavy atom. The van der Waals surface area contributed by atoms with Gasteiger partial charge in [0.25, 0.3) is 0 Å². The van der Waals surface area contributed by atoms with Gasteiger partial charge < -0.3 is 19.8 Å². The van der Waals surface area contributed by atoms with Gasteiger partial charge in [0, 0.05) is 31.1 Å². The molecule has 0 spiro atoms. The number of ether oxygens (including phenoxy) is 1. The fourth-order valence-electron chi connectivity index (χ4n) is 3.13. The molecule has 0 bridgehead atoms. The van der Waals surface area contributed by atoms with Gasteiger partial charge in [-0.05, 0) is 24.6 Å². The second-order valence-corrected chi connectivity index (χ2v) is 8.68. The quantitative estimate of drug-likeness (QED) is 0.559. The van der Waals surface area contributed by atoms with Gasteiger partial charge in [-0.2, -0.15) is 0 Å². The molecule has 0 saturated carbocycles. The van der Waals surface area contributed by atoms with Crippen LogP contribution in [0.2, 0.25) is 0 Å². The summed E-state index contributed by atoms with van der Waals surface area (Å²) in [4.78, 5) is 24.7. The third-order valence-electron chi connectivity index (χ3n) is 4.77. The molecule has 9 nitrogen and oxygen atoms in total. The summed E-state index contributed by atoms with van der Waals surface area (Å²) in [5.41, 5.74) is 4.68. The summed E-state index contributed by atoms with van der Waals surface area (Å²) >= 11 is 0. The highest BCUT2D eigenvalue weighted by Gasteiger charge is 2.26. The predicted molar refractivity (Wildman–Crippen MR) is 111 cm³/mol. The minimum Gasteiger partial charge on any atom is -0.422 e. The summed E-state index contributed by atoms with van der Waals surface area (Å²) < 4.78 is 62.7. The fraction of sp³-hybridized carbons (Fsp3) is 0.200. The van der Waals surface area contributed by atoms with Crippen molar-refractivity contribution >= 4 is 27.1 Å². The van der Waals surface area contributed by atoms with E-state index < -0.39 is 50.1 Å². The number of nitrogens with two attached hydrogens (primary N) is 2. The Balaban J connectivity index is 2.17. The summed E-state index contributed by atoms with van der Waals surface area (Å²) in [6.45, 7) is 1.45. The second-order valence-electron chi connectivity index (χ2n) is 7.15. The normalized spacial score (nSPS) is 12.6. The first-order valence-electron chi connectivity index (χ1n) is 9.05. The number of sulfonamides is 1. The van der Waals surface area contributed by atoms with Crippen molar-refractivity contribution in [2.75, 3.05) is 14.1 Å². The standard InChI is InChI=1S/C20H19F2N3O6S/c1-9-11-7-12(21)14(31-20(27)25(2)3)8-13(11)30-19(26)16(9)18(23)10-5-4-6-15(17(10)22)32(24,28)29/h4-8,18H,23H2,1-3H3,(H2,24,28,29). The van der Waals surface area contributed by atoms with Crippen LogP contribution in [0.3, 0.4) is 0 Å². The minimum atomic E-state index is -4.38.